The molecule has 3 rings (SSSR count). The van der Waals surface area contributed by atoms with Crippen molar-refractivity contribution in [3.8, 4) is 11.5 Å². The van der Waals surface area contributed by atoms with Gasteiger partial charge in [0.25, 0.3) is 5.91 Å². The number of ether oxygens (including phenoxy) is 2. The van der Waals surface area contributed by atoms with Gasteiger partial charge in [-0.05, 0) is 31.9 Å². The van der Waals surface area contributed by atoms with Gasteiger partial charge in [0.2, 0.25) is 5.91 Å². The third kappa shape index (κ3) is 3.62. The highest BCUT2D eigenvalue weighted by Crippen LogP contribution is 2.32. The summed E-state index contributed by atoms with van der Waals surface area (Å²) in [7, 11) is 0. The van der Waals surface area contributed by atoms with Crippen LogP contribution in [0, 0.1) is 5.92 Å². The van der Waals surface area contributed by atoms with Gasteiger partial charge in [-0.2, -0.15) is 0 Å². The summed E-state index contributed by atoms with van der Waals surface area (Å²) in [4.78, 5) is 25.0. The van der Waals surface area contributed by atoms with E-state index in [0.29, 0.717) is 36.9 Å². The summed E-state index contributed by atoms with van der Waals surface area (Å²) in [5, 5.41) is 2.92. The van der Waals surface area contributed by atoms with E-state index >= 15 is 0 Å². The number of hydrogen-bond donors (Lipinski definition) is 3. The summed E-state index contributed by atoms with van der Waals surface area (Å²) in [5.74, 6) is 0.848. The number of fused-ring (bicyclic) bond motifs is 1. The summed E-state index contributed by atoms with van der Waals surface area (Å²) in [6, 6.07) is 5.12. The minimum Gasteiger partial charge on any atom is -0.486 e. The van der Waals surface area contributed by atoms with Crippen molar-refractivity contribution in [2.24, 2.45) is 11.7 Å². The fourth-order valence-corrected chi connectivity index (χ4v) is 3.29. The molecule has 1 unspecified atom stereocenters. The van der Waals surface area contributed by atoms with E-state index in [1.807, 2.05) is 6.92 Å². The van der Waals surface area contributed by atoms with Gasteiger partial charge in [0, 0.05) is 11.8 Å². The first-order valence-corrected chi connectivity index (χ1v) is 8.39. The number of piperidine rings is 1. The quantitative estimate of drug-likeness (QED) is 0.696. The molecule has 0 bridgehead atoms. The Morgan fingerprint density at radius 1 is 1.29 bits per heavy atom. The number of carbonyl (C=O) groups is 2. The molecular formula is C17H24N3O4+. The molecular weight excluding hydrogens is 310 g/mol. The number of carbonyl (C=O) groups excluding carboxylic acids is 2. The van der Waals surface area contributed by atoms with E-state index in [1.165, 1.54) is 0 Å². The van der Waals surface area contributed by atoms with Crippen LogP contribution in [-0.4, -0.2) is 44.2 Å². The molecule has 0 saturated carbocycles. The summed E-state index contributed by atoms with van der Waals surface area (Å²) in [6.45, 7) is 4.42. The van der Waals surface area contributed by atoms with E-state index in [2.05, 4.69) is 5.32 Å². The van der Waals surface area contributed by atoms with Crippen molar-refractivity contribution < 1.29 is 24.0 Å². The van der Waals surface area contributed by atoms with Crippen molar-refractivity contribution in [2.45, 2.75) is 25.8 Å². The number of rotatable bonds is 4. The lowest BCUT2D eigenvalue weighted by Crippen LogP contribution is -3.18. The van der Waals surface area contributed by atoms with E-state index < -0.39 is 0 Å². The number of benzene rings is 1. The van der Waals surface area contributed by atoms with E-state index in [0.717, 1.165) is 24.3 Å². The smallest absolute Gasteiger partial charge is 0.282 e. The van der Waals surface area contributed by atoms with Gasteiger partial charge in [-0.25, -0.2) is 0 Å². The summed E-state index contributed by atoms with van der Waals surface area (Å²) in [5.41, 5.74) is 6.10. The normalized spacial score (nSPS) is 24.0. The molecule has 2 aliphatic rings. The molecule has 3 atom stereocenters. The molecule has 1 fully saturated rings. The molecule has 0 aliphatic carbocycles. The van der Waals surface area contributed by atoms with Crippen LogP contribution in [0.15, 0.2) is 18.2 Å². The van der Waals surface area contributed by atoms with E-state index in [4.69, 9.17) is 15.2 Å². The van der Waals surface area contributed by atoms with Crippen LogP contribution in [0.3, 0.4) is 0 Å². The molecule has 7 nitrogen and oxygen atoms in total. The summed E-state index contributed by atoms with van der Waals surface area (Å²) >= 11 is 0. The molecule has 130 valence electrons. The van der Waals surface area contributed by atoms with Crippen LogP contribution in [0.1, 0.15) is 19.8 Å². The number of hydrogen-bond acceptors (Lipinski definition) is 4. The largest absolute Gasteiger partial charge is 0.486 e. The average Bonchev–Trinajstić information content (AvgIpc) is 2.61. The van der Waals surface area contributed by atoms with E-state index in [-0.39, 0.29) is 23.8 Å². The van der Waals surface area contributed by atoms with Crippen molar-refractivity contribution in [1.82, 2.24) is 0 Å². The molecule has 1 aromatic carbocycles. The zero-order chi connectivity index (χ0) is 17.1. The highest BCUT2D eigenvalue weighted by molar-refractivity contribution is 5.94. The van der Waals surface area contributed by atoms with Gasteiger partial charge in [-0.15, -0.1) is 0 Å². The van der Waals surface area contributed by atoms with Crippen molar-refractivity contribution in [3.05, 3.63) is 18.2 Å². The molecule has 2 aliphatic heterocycles. The summed E-state index contributed by atoms with van der Waals surface area (Å²) < 4.78 is 11.0. The Hall–Kier alpha value is -2.28. The first-order valence-electron chi connectivity index (χ1n) is 8.39. The van der Waals surface area contributed by atoms with Crippen LogP contribution in [0.4, 0.5) is 5.69 Å². The van der Waals surface area contributed by atoms with Crippen molar-refractivity contribution in [2.75, 3.05) is 31.6 Å². The molecule has 7 heteroatoms. The van der Waals surface area contributed by atoms with Gasteiger partial charge in [0.05, 0.1) is 19.0 Å². The van der Waals surface area contributed by atoms with E-state index in [9.17, 15) is 9.59 Å². The number of likely N-dealkylation sites (tertiary alicyclic amines) is 1. The van der Waals surface area contributed by atoms with Crippen LogP contribution in [0.5, 0.6) is 11.5 Å². The van der Waals surface area contributed by atoms with Crippen LogP contribution in [-0.2, 0) is 9.59 Å². The molecule has 24 heavy (non-hydrogen) atoms. The summed E-state index contributed by atoms with van der Waals surface area (Å²) in [6.07, 6.45) is 1.72. The maximum absolute atomic E-state index is 12.5. The third-order valence-corrected chi connectivity index (χ3v) is 4.78. The second-order valence-electron chi connectivity index (χ2n) is 6.42. The predicted molar refractivity (Wildman–Crippen MR) is 88.1 cm³/mol. The first-order chi connectivity index (χ1) is 11.5. The van der Waals surface area contributed by atoms with Crippen LogP contribution in [0.2, 0.25) is 0 Å². The number of primary amides is 1. The Morgan fingerprint density at radius 2 is 2.04 bits per heavy atom. The molecule has 0 radical (unpaired) electrons. The minimum absolute atomic E-state index is 0.0770. The third-order valence-electron chi connectivity index (χ3n) is 4.78. The van der Waals surface area contributed by atoms with Gasteiger partial charge >= 0.3 is 0 Å². The first kappa shape index (κ1) is 16.6. The molecule has 0 spiro atoms. The Morgan fingerprint density at radius 3 is 2.79 bits per heavy atom. The zero-order valence-corrected chi connectivity index (χ0v) is 13.8. The fourth-order valence-electron chi connectivity index (χ4n) is 3.29. The van der Waals surface area contributed by atoms with Crippen molar-refractivity contribution in [3.63, 3.8) is 0 Å². The zero-order valence-electron chi connectivity index (χ0n) is 13.8. The van der Waals surface area contributed by atoms with Gasteiger partial charge in [-0.1, -0.05) is 0 Å². The predicted octanol–water partition coefficient (Wildman–Crippen LogP) is -0.435. The van der Waals surface area contributed by atoms with Gasteiger partial charge < -0.3 is 25.4 Å². The molecule has 1 saturated heterocycles. The Bertz CT molecular complexity index is 634. The molecule has 2 heterocycles. The second-order valence-corrected chi connectivity index (χ2v) is 6.42. The lowest BCUT2D eigenvalue weighted by molar-refractivity contribution is -0.921. The Kier molecular flexibility index (Phi) is 4.89. The molecule has 4 N–H and O–H groups in total. The number of anilines is 1. The second kappa shape index (κ2) is 7.09. The molecule has 2 amide bonds. The van der Waals surface area contributed by atoms with Crippen LogP contribution < -0.4 is 25.4 Å². The fraction of sp³-hybridized carbons (Fsp3) is 0.529. The van der Waals surface area contributed by atoms with Gasteiger partial charge in [-0.3, -0.25) is 9.59 Å². The lowest BCUT2D eigenvalue weighted by atomic mass is 9.96. The Labute approximate surface area is 141 Å². The number of quaternary nitrogens is 1. The molecule has 1 aromatic rings. The van der Waals surface area contributed by atoms with Crippen molar-refractivity contribution in [1.29, 1.82) is 0 Å². The monoisotopic (exact) mass is 334 g/mol. The van der Waals surface area contributed by atoms with Crippen molar-refractivity contribution >= 4 is 17.5 Å². The highest BCUT2D eigenvalue weighted by atomic mass is 16.6. The topological polar surface area (TPSA) is 95.1 Å². The lowest BCUT2D eigenvalue weighted by Gasteiger charge is -2.32. The average molecular weight is 334 g/mol. The standard InChI is InChI=1S/C17H23N3O4/c1-11(20-6-2-3-12(10-20)16(18)21)17(22)19-13-4-5-14-15(9-13)24-8-7-23-14/h4-5,9,11-12H,2-3,6-8,10H2,1H3,(H2,18,21)(H,19,22)/p+1/t11-,12+/m1/s1. The van der Waals surface area contributed by atoms with E-state index in [1.54, 1.807) is 18.2 Å². The Balaban J connectivity index is 1.62. The highest BCUT2D eigenvalue weighted by Gasteiger charge is 2.33. The minimum atomic E-state index is -0.272. The number of amides is 2. The maximum atomic E-state index is 12.5. The SMILES string of the molecule is C[C@H](C(=O)Nc1ccc2c(c1)OCCO2)[NH+]1CCC[C@H](C(N)=O)C1. The maximum Gasteiger partial charge on any atom is 0.282 e. The number of nitrogens with two attached hydrogens (primary N) is 1. The van der Waals surface area contributed by atoms with Crippen LogP contribution >= 0.6 is 0 Å². The number of nitrogens with one attached hydrogen (secondary N) is 2. The van der Waals surface area contributed by atoms with Crippen LogP contribution in [0.25, 0.3) is 0 Å². The molecule has 0 aromatic heterocycles. The van der Waals surface area contributed by atoms with Gasteiger partial charge in [0.15, 0.2) is 17.5 Å². The van der Waals surface area contributed by atoms with Gasteiger partial charge in [0.1, 0.15) is 13.2 Å².